The Kier molecular flexibility index (Phi) is 6.49. The number of methoxy groups -OCH3 is 3. The summed E-state index contributed by atoms with van der Waals surface area (Å²) in [6.45, 7) is 1.20. The van der Waals surface area contributed by atoms with Gasteiger partial charge in [0, 0.05) is 20.8 Å². The smallest absolute Gasteiger partial charge is 0.333 e. The number of rotatable bonds is 8. The molecule has 0 radical (unpaired) electrons. The number of esters is 1. The van der Waals surface area contributed by atoms with Gasteiger partial charge in [-0.1, -0.05) is 30.3 Å². The van der Waals surface area contributed by atoms with Crippen molar-refractivity contribution in [2.45, 2.75) is 5.54 Å². The van der Waals surface area contributed by atoms with E-state index < -0.39 is 5.54 Å². The van der Waals surface area contributed by atoms with Gasteiger partial charge >= 0.3 is 5.97 Å². The monoisotopic (exact) mass is 267 g/mol. The molecule has 19 heavy (non-hydrogen) atoms. The van der Waals surface area contributed by atoms with E-state index in [-0.39, 0.29) is 12.6 Å². The van der Waals surface area contributed by atoms with Crippen molar-refractivity contribution in [1.29, 1.82) is 0 Å². The van der Waals surface area contributed by atoms with Gasteiger partial charge in [-0.15, -0.1) is 0 Å². The second kappa shape index (κ2) is 7.89. The molecule has 0 saturated heterocycles. The minimum Gasteiger partial charge on any atom is -0.467 e. The van der Waals surface area contributed by atoms with Crippen molar-refractivity contribution in [2.24, 2.45) is 0 Å². The van der Waals surface area contributed by atoms with Crippen molar-refractivity contribution in [2.75, 3.05) is 41.1 Å². The molecule has 1 aromatic rings. The Morgan fingerprint density at radius 2 is 1.84 bits per heavy atom. The van der Waals surface area contributed by atoms with Crippen LogP contribution in [0.3, 0.4) is 0 Å². The van der Waals surface area contributed by atoms with Crippen LogP contribution in [0.2, 0.25) is 0 Å². The second-order valence-corrected chi connectivity index (χ2v) is 4.12. The fraction of sp³-hybridized carbons (Fsp3) is 0.500. The Morgan fingerprint density at radius 1 is 1.16 bits per heavy atom. The number of carbonyl (C=O) groups is 1. The molecule has 0 bridgehead atoms. The average molecular weight is 267 g/mol. The zero-order valence-corrected chi connectivity index (χ0v) is 11.6. The summed E-state index contributed by atoms with van der Waals surface area (Å²) in [5.41, 5.74) is -0.205. The maximum atomic E-state index is 12.2. The fourth-order valence-electron chi connectivity index (χ4n) is 1.97. The highest BCUT2D eigenvalue weighted by Gasteiger charge is 2.41. The topological polar surface area (TPSA) is 56.8 Å². The third-order valence-corrected chi connectivity index (χ3v) is 2.89. The van der Waals surface area contributed by atoms with E-state index >= 15 is 0 Å². The van der Waals surface area contributed by atoms with Crippen molar-refractivity contribution in [1.82, 2.24) is 5.32 Å². The van der Waals surface area contributed by atoms with Gasteiger partial charge in [-0.2, -0.15) is 0 Å². The second-order valence-electron chi connectivity index (χ2n) is 4.12. The summed E-state index contributed by atoms with van der Waals surface area (Å²) in [7, 11) is 4.53. The van der Waals surface area contributed by atoms with Gasteiger partial charge in [0.15, 0.2) is 5.54 Å². The van der Waals surface area contributed by atoms with Crippen LogP contribution in [0.1, 0.15) is 5.56 Å². The number of hydrogen-bond donors (Lipinski definition) is 1. The highest BCUT2D eigenvalue weighted by Crippen LogP contribution is 2.23. The Hall–Kier alpha value is -1.43. The molecular weight excluding hydrogens is 246 g/mol. The van der Waals surface area contributed by atoms with Crippen LogP contribution in [0, 0.1) is 0 Å². The van der Waals surface area contributed by atoms with Crippen LogP contribution in [0.4, 0.5) is 0 Å². The minimum absolute atomic E-state index is 0.188. The molecule has 1 unspecified atom stereocenters. The molecule has 1 N–H and O–H groups in total. The van der Waals surface area contributed by atoms with Gasteiger partial charge in [-0.05, 0) is 5.56 Å². The zero-order chi connectivity index (χ0) is 14.1. The molecule has 0 amide bonds. The van der Waals surface area contributed by atoms with Crippen molar-refractivity contribution in [3.8, 4) is 0 Å². The molecule has 0 fully saturated rings. The standard InChI is InChI=1S/C14H21NO4/c1-17-10-9-15-14(11-18-2,13(16)19-3)12-7-5-4-6-8-12/h4-8,15H,9-11H2,1-3H3. The average Bonchev–Trinajstić information content (AvgIpc) is 2.46. The number of ether oxygens (including phenoxy) is 3. The molecule has 0 saturated carbocycles. The molecule has 1 atom stereocenters. The van der Waals surface area contributed by atoms with E-state index in [1.807, 2.05) is 30.3 Å². The summed E-state index contributed by atoms with van der Waals surface area (Å²) < 4.78 is 15.2. The van der Waals surface area contributed by atoms with Crippen LogP contribution in [0.5, 0.6) is 0 Å². The molecule has 5 nitrogen and oxygen atoms in total. The molecule has 0 aliphatic rings. The van der Waals surface area contributed by atoms with Crippen LogP contribution in [-0.4, -0.2) is 47.1 Å². The van der Waals surface area contributed by atoms with E-state index in [9.17, 15) is 4.79 Å². The van der Waals surface area contributed by atoms with E-state index in [1.165, 1.54) is 7.11 Å². The normalized spacial score (nSPS) is 13.8. The molecule has 5 heteroatoms. The molecule has 0 heterocycles. The SMILES string of the molecule is COCCNC(COC)(C(=O)OC)c1ccccc1. The first-order valence-corrected chi connectivity index (χ1v) is 6.08. The predicted octanol–water partition coefficient (Wildman–Crippen LogP) is 0.937. The highest BCUT2D eigenvalue weighted by atomic mass is 16.5. The molecule has 0 spiro atoms. The highest BCUT2D eigenvalue weighted by molar-refractivity contribution is 5.82. The van der Waals surface area contributed by atoms with Crippen molar-refractivity contribution >= 4 is 5.97 Å². The lowest BCUT2D eigenvalue weighted by molar-refractivity contribution is -0.152. The predicted molar refractivity (Wildman–Crippen MR) is 71.9 cm³/mol. The minimum atomic E-state index is -1.01. The molecular formula is C14H21NO4. The van der Waals surface area contributed by atoms with E-state index in [0.29, 0.717) is 13.2 Å². The number of hydrogen-bond acceptors (Lipinski definition) is 5. The third-order valence-electron chi connectivity index (χ3n) is 2.89. The van der Waals surface area contributed by atoms with Crippen LogP contribution in [0.15, 0.2) is 30.3 Å². The summed E-state index contributed by atoms with van der Waals surface area (Å²) in [4.78, 5) is 12.2. The number of nitrogens with one attached hydrogen (secondary N) is 1. The maximum absolute atomic E-state index is 12.2. The molecule has 106 valence electrons. The van der Waals surface area contributed by atoms with E-state index in [2.05, 4.69) is 5.32 Å². The lowest BCUT2D eigenvalue weighted by Crippen LogP contribution is -2.54. The van der Waals surface area contributed by atoms with Gasteiger partial charge in [0.25, 0.3) is 0 Å². The largest absolute Gasteiger partial charge is 0.467 e. The first-order valence-electron chi connectivity index (χ1n) is 6.08. The summed E-state index contributed by atoms with van der Waals surface area (Å²) in [5.74, 6) is -0.378. The Bertz CT molecular complexity index is 382. The zero-order valence-electron chi connectivity index (χ0n) is 11.6. The molecule has 1 rings (SSSR count). The molecule has 0 aliphatic heterocycles. The van der Waals surface area contributed by atoms with Crippen LogP contribution in [0.25, 0.3) is 0 Å². The third kappa shape index (κ3) is 3.76. The van der Waals surface area contributed by atoms with Crippen molar-refractivity contribution in [3.63, 3.8) is 0 Å². The molecule has 0 aromatic heterocycles. The first kappa shape index (κ1) is 15.6. The van der Waals surface area contributed by atoms with E-state index in [1.54, 1.807) is 14.2 Å². The quantitative estimate of drug-likeness (QED) is 0.561. The Labute approximate surface area is 113 Å². The van der Waals surface area contributed by atoms with Gasteiger partial charge in [0.1, 0.15) is 0 Å². The summed E-state index contributed by atoms with van der Waals surface area (Å²) >= 11 is 0. The number of benzene rings is 1. The van der Waals surface area contributed by atoms with Crippen LogP contribution < -0.4 is 5.32 Å². The molecule has 0 aliphatic carbocycles. The van der Waals surface area contributed by atoms with Crippen LogP contribution >= 0.6 is 0 Å². The lowest BCUT2D eigenvalue weighted by atomic mass is 9.90. The number of carbonyl (C=O) groups excluding carboxylic acids is 1. The van der Waals surface area contributed by atoms with Crippen molar-refractivity contribution in [3.05, 3.63) is 35.9 Å². The van der Waals surface area contributed by atoms with Gasteiger partial charge in [-0.25, -0.2) is 4.79 Å². The lowest BCUT2D eigenvalue weighted by Gasteiger charge is -2.31. The summed E-state index contributed by atoms with van der Waals surface area (Å²) in [6, 6.07) is 9.39. The van der Waals surface area contributed by atoms with Crippen molar-refractivity contribution < 1.29 is 19.0 Å². The maximum Gasteiger partial charge on any atom is 0.333 e. The van der Waals surface area contributed by atoms with Crippen LogP contribution in [-0.2, 0) is 24.5 Å². The van der Waals surface area contributed by atoms with E-state index in [0.717, 1.165) is 5.56 Å². The Balaban J connectivity index is 3.07. The van der Waals surface area contributed by atoms with Gasteiger partial charge in [0.05, 0.1) is 20.3 Å². The first-order chi connectivity index (χ1) is 9.21. The van der Waals surface area contributed by atoms with Gasteiger partial charge in [0.2, 0.25) is 0 Å². The van der Waals surface area contributed by atoms with Gasteiger partial charge in [-0.3, -0.25) is 5.32 Å². The molecule has 1 aromatic carbocycles. The van der Waals surface area contributed by atoms with Gasteiger partial charge < -0.3 is 14.2 Å². The summed E-state index contributed by atoms with van der Waals surface area (Å²) in [6.07, 6.45) is 0. The summed E-state index contributed by atoms with van der Waals surface area (Å²) in [5, 5.41) is 3.18. The Morgan fingerprint density at radius 3 is 2.37 bits per heavy atom. The fourth-order valence-corrected chi connectivity index (χ4v) is 1.97. The van der Waals surface area contributed by atoms with E-state index in [4.69, 9.17) is 14.2 Å².